The number of hydrogen-bond acceptors (Lipinski definition) is 10. The molecule has 4 N–H and O–H groups in total. The lowest BCUT2D eigenvalue weighted by molar-refractivity contribution is 0.0945. The van der Waals surface area contributed by atoms with Gasteiger partial charge in [-0.3, -0.25) is 14.9 Å². The molecular weight excluding hydrogens is 532 g/mol. The van der Waals surface area contributed by atoms with Gasteiger partial charge in [0, 0.05) is 55.9 Å². The van der Waals surface area contributed by atoms with Gasteiger partial charge in [0.15, 0.2) is 17.0 Å². The van der Waals surface area contributed by atoms with Crippen molar-refractivity contribution in [3.63, 3.8) is 0 Å². The molecule has 2 saturated heterocycles. The summed E-state index contributed by atoms with van der Waals surface area (Å²) in [5.74, 6) is 1.54. The van der Waals surface area contributed by atoms with Crippen LogP contribution in [0.3, 0.4) is 0 Å². The molecule has 4 aromatic rings. The first-order valence-electron chi connectivity index (χ1n) is 14.7. The maximum atomic E-state index is 12.9. The van der Waals surface area contributed by atoms with Crippen LogP contribution in [0.1, 0.15) is 60.8 Å². The lowest BCUT2D eigenvalue weighted by Gasteiger charge is -2.41. The van der Waals surface area contributed by atoms with E-state index < -0.39 is 0 Å². The molecule has 1 amide bonds. The normalized spacial score (nSPS) is 23.4. The highest BCUT2D eigenvalue weighted by Gasteiger charge is 2.47. The Labute approximate surface area is 244 Å². The van der Waals surface area contributed by atoms with E-state index in [0.29, 0.717) is 29.2 Å². The molecule has 3 aliphatic rings. The highest BCUT2D eigenvalue weighted by molar-refractivity contribution is 5.93. The van der Waals surface area contributed by atoms with Gasteiger partial charge in [0.25, 0.3) is 5.91 Å². The smallest absolute Gasteiger partial charge is 0.270 e. The number of H-pyrrole nitrogens is 1. The van der Waals surface area contributed by atoms with Crippen molar-refractivity contribution in [2.24, 2.45) is 11.1 Å². The zero-order valence-corrected chi connectivity index (χ0v) is 24.0. The van der Waals surface area contributed by atoms with Crippen LogP contribution in [-0.4, -0.2) is 74.4 Å². The molecule has 0 unspecified atom stereocenters. The zero-order valence-electron chi connectivity index (χ0n) is 24.0. The molecular formula is C30H36N10O2. The summed E-state index contributed by atoms with van der Waals surface area (Å²) in [5, 5.41) is 10.7. The number of aromatic nitrogens is 6. The van der Waals surface area contributed by atoms with Crippen LogP contribution in [0, 0.1) is 5.41 Å². The SMILES string of the molecule is C[C@@H]1CCN(c2n[nH]c3nc(N4CCC5(CC4)CO[C@@H](C)[C@H]5N)cnc23)c2ccc(C(=O)NCc3cccnc3)nc21. The third-order valence-electron chi connectivity index (χ3n) is 9.28. The number of carbonyl (C=O) groups excluding carboxylic acids is 1. The average Bonchev–Trinajstić information content (AvgIpc) is 3.57. The van der Waals surface area contributed by atoms with Gasteiger partial charge in [-0.25, -0.2) is 15.0 Å². The van der Waals surface area contributed by atoms with Crippen molar-refractivity contribution in [1.29, 1.82) is 0 Å². The second-order valence-corrected chi connectivity index (χ2v) is 11.9. The highest BCUT2D eigenvalue weighted by Crippen LogP contribution is 2.42. The molecule has 0 radical (unpaired) electrons. The molecule has 4 aromatic heterocycles. The summed E-state index contributed by atoms with van der Waals surface area (Å²) in [6.07, 6.45) is 8.23. The van der Waals surface area contributed by atoms with Gasteiger partial charge >= 0.3 is 0 Å². The number of nitrogens with zero attached hydrogens (tertiary/aromatic N) is 7. The zero-order chi connectivity index (χ0) is 28.8. The van der Waals surface area contributed by atoms with Crippen molar-refractivity contribution in [3.05, 3.63) is 59.8 Å². The number of fused-ring (bicyclic) bond motifs is 2. The summed E-state index contributed by atoms with van der Waals surface area (Å²) < 4.78 is 5.88. The maximum absolute atomic E-state index is 12.9. The molecule has 0 saturated carbocycles. The summed E-state index contributed by atoms with van der Waals surface area (Å²) in [7, 11) is 0. The van der Waals surface area contributed by atoms with Gasteiger partial charge in [-0.05, 0) is 49.9 Å². The Kier molecular flexibility index (Phi) is 6.74. The Hall–Kier alpha value is -4.16. The van der Waals surface area contributed by atoms with E-state index in [4.69, 9.17) is 25.4 Å². The van der Waals surface area contributed by atoms with Crippen LogP contribution in [0.25, 0.3) is 11.2 Å². The Balaban J connectivity index is 1.09. The number of amides is 1. The first-order chi connectivity index (χ1) is 20.4. The van der Waals surface area contributed by atoms with Gasteiger partial charge in [-0.15, -0.1) is 0 Å². The van der Waals surface area contributed by atoms with E-state index in [1.807, 2.05) is 24.4 Å². The van der Waals surface area contributed by atoms with Crippen LogP contribution in [0.15, 0.2) is 42.9 Å². The number of ether oxygens (including phenoxy) is 1. The lowest BCUT2D eigenvalue weighted by atomic mass is 9.73. The number of nitrogens with two attached hydrogens (primary N) is 1. The summed E-state index contributed by atoms with van der Waals surface area (Å²) in [6, 6.07) is 7.58. The van der Waals surface area contributed by atoms with E-state index in [9.17, 15) is 4.79 Å². The molecule has 12 nitrogen and oxygen atoms in total. The third-order valence-corrected chi connectivity index (χ3v) is 9.28. The molecule has 2 fully saturated rings. The largest absolute Gasteiger partial charge is 0.376 e. The first kappa shape index (κ1) is 26.7. The van der Waals surface area contributed by atoms with Crippen molar-refractivity contribution in [2.75, 3.05) is 36.0 Å². The van der Waals surface area contributed by atoms with Crippen LogP contribution >= 0.6 is 0 Å². The van der Waals surface area contributed by atoms with E-state index in [0.717, 1.165) is 68.3 Å². The minimum absolute atomic E-state index is 0.0569. The molecule has 12 heteroatoms. The first-order valence-corrected chi connectivity index (χ1v) is 14.7. The molecule has 42 heavy (non-hydrogen) atoms. The maximum Gasteiger partial charge on any atom is 0.270 e. The predicted octanol–water partition coefficient (Wildman–Crippen LogP) is 3.05. The van der Waals surface area contributed by atoms with Crippen LogP contribution in [-0.2, 0) is 11.3 Å². The fourth-order valence-corrected chi connectivity index (χ4v) is 6.54. The number of nitrogens with one attached hydrogen (secondary N) is 2. The summed E-state index contributed by atoms with van der Waals surface area (Å²) >= 11 is 0. The Morgan fingerprint density at radius 2 is 2.02 bits per heavy atom. The number of carbonyl (C=O) groups is 1. The third kappa shape index (κ3) is 4.64. The molecule has 0 aromatic carbocycles. The van der Waals surface area contributed by atoms with Crippen molar-refractivity contribution >= 4 is 34.4 Å². The predicted molar refractivity (Wildman–Crippen MR) is 159 cm³/mol. The highest BCUT2D eigenvalue weighted by atomic mass is 16.5. The van der Waals surface area contributed by atoms with Crippen LogP contribution < -0.4 is 20.9 Å². The van der Waals surface area contributed by atoms with Crippen molar-refractivity contribution in [1.82, 2.24) is 35.5 Å². The summed E-state index contributed by atoms with van der Waals surface area (Å²) in [5.41, 5.74) is 11.1. The van der Waals surface area contributed by atoms with Gasteiger partial charge in [-0.1, -0.05) is 13.0 Å². The number of hydrogen-bond donors (Lipinski definition) is 3. The van der Waals surface area contributed by atoms with Crippen LogP contribution in [0.5, 0.6) is 0 Å². The van der Waals surface area contributed by atoms with Gasteiger partial charge in [0.1, 0.15) is 11.5 Å². The minimum Gasteiger partial charge on any atom is -0.376 e. The second-order valence-electron chi connectivity index (χ2n) is 11.9. The number of piperidine rings is 1. The fraction of sp³-hybridized carbons (Fsp3) is 0.467. The van der Waals surface area contributed by atoms with Gasteiger partial charge in [0.2, 0.25) is 0 Å². The molecule has 0 bridgehead atoms. The molecule has 3 aliphatic heterocycles. The van der Waals surface area contributed by atoms with Gasteiger partial charge in [-0.2, -0.15) is 5.10 Å². The molecule has 0 aliphatic carbocycles. The van der Waals surface area contributed by atoms with Crippen LogP contribution in [0.4, 0.5) is 17.3 Å². The molecule has 7 rings (SSSR count). The molecule has 218 valence electrons. The van der Waals surface area contributed by atoms with Crippen molar-refractivity contribution in [3.8, 4) is 0 Å². The van der Waals surface area contributed by atoms with E-state index >= 15 is 0 Å². The molecule has 7 heterocycles. The number of pyridine rings is 2. The number of anilines is 3. The number of rotatable bonds is 5. The van der Waals surface area contributed by atoms with E-state index in [2.05, 4.69) is 44.1 Å². The Morgan fingerprint density at radius 1 is 1.17 bits per heavy atom. The van der Waals surface area contributed by atoms with Crippen molar-refractivity contribution in [2.45, 2.75) is 57.7 Å². The number of aromatic amines is 1. The Morgan fingerprint density at radius 3 is 2.79 bits per heavy atom. The standard InChI is InChI=1S/C30H36N10O2/c1-18-7-11-40(22-6-5-21(35-24(18)22)29(41)34-15-20-4-3-10-32-14-20)28-25-27(37-38-28)36-23(16-33-25)39-12-8-30(9-13-39)17-42-19(2)26(30)31/h3-6,10,14,16,18-19,26H,7-9,11-13,15,17,31H2,1-2H3,(H,34,41)(H,36,37,38)/t18-,19+,26-/m1/s1. The quantitative estimate of drug-likeness (QED) is 0.328. The van der Waals surface area contributed by atoms with Gasteiger partial charge < -0.3 is 25.6 Å². The van der Waals surface area contributed by atoms with E-state index in [-0.39, 0.29) is 29.4 Å². The van der Waals surface area contributed by atoms with Crippen molar-refractivity contribution < 1.29 is 9.53 Å². The lowest BCUT2D eigenvalue weighted by Crippen LogP contribution is -2.50. The van der Waals surface area contributed by atoms with E-state index in [1.54, 1.807) is 18.5 Å². The summed E-state index contributed by atoms with van der Waals surface area (Å²) in [6.45, 7) is 7.84. The topological polar surface area (TPSA) is 151 Å². The minimum atomic E-state index is -0.213. The van der Waals surface area contributed by atoms with Gasteiger partial charge in [0.05, 0.1) is 30.3 Å². The molecule has 1 spiro atoms. The average molecular weight is 569 g/mol. The monoisotopic (exact) mass is 568 g/mol. The second kappa shape index (κ2) is 10.6. The van der Waals surface area contributed by atoms with Crippen LogP contribution in [0.2, 0.25) is 0 Å². The Bertz CT molecular complexity index is 1600. The van der Waals surface area contributed by atoms with E-state index in [1.165, 1.54) is 0 Å². The fourth-order valence-electron chi connectivity index (χ4n) is 6.54. The molecule has 3 atom stereocenters. The summed E-state index contributed by atoms with van der Waals surface area (Å²) in [4.78, 5) is 35.9.